The lowest BCUT2D eigenvalue weighted by molar-refractivity contribution is 0.307. The van der Waals surface area contributed by atoms with Gasteiger partial charge in [0.2, 0.25) is 0 Å². The monoisotopic (exact) mass is 198 g/mol. The zero-order valence-corrected chi connectivity index (χ0v) is 9.97. The Balaban J connectivity index is 2.12. The van der Waals surface area contributed by atoms with Crippen molar-refractivity contribution >= 4 is 0 Å². The number of nitrogens with two attached hydrogens (primary N) is 1. The molecular weight excluding hydrogens is 172 g/mol. The molecule has 1 fully saturated rings. The van der Waals surface area contributed by atoms with Crippen molar-refractivity contribution in [2.24, 2.45) is 11.1 Å². The first-order valence-corrected chi connectivity index (χ1v) is 5.96. The minimum atomic E-state index is 0.441. The van der Waals surface area contributed by atoms with Crippen LogP contribution < -0.4 is 11.1 Å². The van der Waals surface area contributed by atoms with Gasteiger partial charge in [-0.1, -0.05) is 27.2 Å². The molecule has 3 N–H and O–H groups in total. The molecule has 0 saturated heterocycles. The van der Waals surface area contributed by atoms with Crippen LogP contribution in [-0.2, 0) is 0 Å². The fourth-order valence-electron chi connectivity index (χ4n) is 2.06. The van der Waals surface area contributed by atoms with Crippen LogP contribution in [-0.4, -0.2) is 18.6 Å². The standard InChI is InChI=1S/C12H26N2/c1-12(2,3)7-8-14-11-6-4-5-10(13)9-11/h10-11,14H,4-9,13H2,1-3H3. The Morgan fingerprint density at radius 1 is 1.29 bits per heavy atom. The van der Waals surface area contributed by atoms with E-state index in [-0.39, 0.29) is 0 Å². The van der Waals surface area contributed by atoms with Crippen LogP contribution in [0.1, 0.15) is 52.9 Å². The van der Waals surface area contributed by atoms with Crippen molar-refractivity contribution in [1.29, 1.82) is 0 Å². The predicted molar refractivity (Wildman–Crippen MR) is 62.3 cm³/mol. The lowest BCUT2D eigenvalue weighted by Crippen LogP contribution is -2.40. The van der Waals surface area contributed by atoms with Crippen LogP contribution in [0.25, 0.3) is 0 Å². The van der Waals surface area contributed by atoms with E-state index in [0.29, 0.717) is 17.5 Å². The molecule has 14 heavy (non-hydrogen) atoms. The van der Waals surface area contributed by atoms with Gasteiger partial charge in [0, 0.05) is 12.1 Å². The van der Waals surface area contributed by atoms with E-state index in [2.05, 4.69) is 26.1 Å². The van der Waals surface area contributed by atoms with Gasteiger partial charge in [-0.25, -0.2) is 0 Å². The van der Waals surface area contributed by atoms with Crippen LogP contribution in [0.4, 0.5) is 0 Å². The smallest absolute Gasteiger partial charge is 0.00818 e. The van der Waals surface area contributed by atoms with Crippen molar-refractivity contribution in [3.8, 4) is 0 Å². The summed E-state index contributed by atoms with van der Waals surface area (Å²) in [5.74, 6) is 0. The highest BCUT2D eigenvalue weighted by Gasteiger charge is 2.19. The molecule has 0 aromatic carbocycles. The molecule has 2 heteroatoms. The molecule has 84 valence electrons. The van der Waals surface area contributed by atoms with Gasteiger partial charge in [0.15, 0.2) is 0 Å². The van der Waals surface area contributed by atoms with Crippen LogP contribution in [0.3, 0.4) is 0 Å². The van der Waals surface area contributed by atoms with E-state index in [9.17, 15) is 0 Å². The molecule has 2 unspecified atom stereocenters. The number of nitrogens with one attached hydrogen (secondary N) is 1. The van der Waals surface area contributed by atoms with E-state index < -0.39 is 0 Å². The molecule has 0 bridgehead atoms. The van der Waals surface area contributed by atoms with Gasteiger partial charge in [-0.15, -0.1) is 0 Å². The molecule has 0 amide bonds. The zero-order chi connectivity index (χ0) is 10.6. The van der Waals surface area contributed by atoms with Crippen LogP contribution in [0, 0.1) is 5.41 Å². The van der Waals surface area contributed by atoms with Crippen molar-refractivity contribution in [2.75, 3.05) is 6.54 Å². The fourth-order valence-corrected chi connectivity index (χ4v) is 2.06. The first-order valence-electron chi connectivity index (χ1n) is 5.96. The summed E-state index contributed by atoms with van der Waals surface area (Å²) >= 11 is 0. The maximum absolute atomic E-state index is 5.94. The SMILES string of the molecule is CC(C)(C)CCNC1CCCC(N)C1. The average Bonchev–Trinajstić information content (AvgIpc) is 2.01. The molecular formula is C12H26N2. The highest BCUT2D eigenvalue weighted by Crippen LogP contribution is 2.19. The number of hydrogen-bond acceptors (Lipinski definition) is 2. The molecule has 0 aromatic heterocycles. The highest BCUT2D eigenvalue weighted by molar-refractivity contribution is 4.80. The average molecular weight is 198 g/mol. The summed E-state index contributed by atoms with van der Waals surface area (Å²) in [4.78, 5) is 0. The summed E-state index contributed by atoms with van der Waals surface area (Å²) in [5.41, 5.74) is 6.39. The molecule has 0 aromatic rings. The van der Waals surface area contributed by atoms with Crippen LogP contribution in [0.5, 0.6) is 0 Å². The third-order valence-electron chi connectivity index (χ3n) is 3.02. The highest BCUT2D eigenvalue weighted by atomic mass is 14.9. The number of hydrogen-bond donors (Lipinski definition) is 2. The second-order valence-electron chi connectivity index (χ2n) is 5.89. The van der Waals surface area contributed by atoms with Gasteiger partial charge < -0.3 is 11.1 Å². The van der Waals surface area contributed by atoms with Crippen molar-refractivity contribution in [3.63, 3.8) is 0 Å². The molecule has 0 heterocycles. The second-order valence-corrected chi connectivity index (χ2v) is 5.89. The van der Waals surface area contributed by atoms with Gasteiger partial charge in [0.1, 0.15) is 0 Å². The maximum Gasteiger partial charge on any atom is 0.00818 e. The van der Waals surface area contributed by atoms with Gasteiger partial charge in [0.25, 0.3) is 0 Å². The van der Waals surface area contributed by atoms with Gasteiger partial charge in [-0.05, 0) is 37.6 Å². The molecule has 1 saturated carbocycles. The third-order valence-corrected chi connectivity index (χ3v) is 3.02. The van der Waals surface area contributed by atoms with Crippen molar-refractivity contribution in [2.45, 2.75) is 65.0 Å². The summed E-state index contributed by atoms with van der Waals surface area (Å²) in [5, 5.41) is 3.63. The first kappa shape index (κ1) is 12.0. The maximum atomic E-state index is 5.94. The minimum Gasteiger partial charge on any atom is -0.328 e. The molecule has 2 atom stereocenters. The topological polar surface area (TPSA) is 38.0 Å². The van der Waals surface area contributed by atoms with E-state index in [4.69, 9.17) is 5.73 Å². The summed E-state index contributed by atoms with van der Waals surface area (Å²) in [6.45, 7) is 8.02. The van der Waals surface area contributed by atoms with Crippen molar-refractivity contribution < 1.29 is 0 Å². The number of rotatable bonds is 3. The molecule has 0 spiro atoms. The van der Waals surface area contributed by atoms with E-state index in [1.54, 1.807) is 0 Å². The summed E-state index contributed by atoms with van der Waals surface area (Å²) in [6.07, 6.45) is 6.26. The predicted octanol–water partition coefficient (Wildman–Crippen LogP) is 2.28. The van der Waals surface area contributed by atoms with Gasteiger partial charge >= 0.3 is 0 Å². The van der Waals surface area contributed by atoms with Gasteiger partial charge in [-0.2, -0.15) is 0 Å². The van der Waals surface area contributed by atoms with Crippen molar-refractivity contribution in [3.05, 3.63) is 0 Å². The summed E-state index contributed by atoms with van der Waals surface area (Å²) in [6, 6.07) is 1.12. The van der Waals surface area contributed by atoms with Gasteiger partial charge in [0.05, 0.1) is 0 Å². The molecule has 0 aliphatic heterocycles. The van der Waals surface area contributed by atoms with Gasteiger partial charge in [-0.3, -0.25) is 0 Å². The van der Waals surface area contributed by atoms with Crippen LogP contribution in [0.2, 0.25) is 0 Å². The fraction of sp³-hybridized carbons (Fsp3) is 1.00. The molecule has 1 rings (SSSR count). The van der Waals surface area contributed by atoms with E-state index in [1.165, 1.54) is 32.1 Å². The van der Waals surface area contributed by atoms with E-state index in [1.807, 2.05) is 0 Å². The van der Waals surface area contributed by atoms with Crippen molar-refractivity contribution in [1.82, 2.24) is 5.32 Å². The summed E-state index contributed by atoms with van der Waals surface area (Å²) < 4.78 is 0. The minimum absolute atomic E-state index is 0.441. The Morgan fingerprint density at radius 3 is 2.57 bits per heavy atom. The lowest BCUT2D eigenvalue weighted by Gasteiger charge is -2.28. The molecule has 2 nitrogen and oxygen atoms in total. The Bertz CT molecular complexity index is 160. The largest absolute Gasteiger partial charge is 0.328 e. The molecule has 1 aliphatic carbocycles. The normalized spacial score (nSPS) is 29.1. The zero-order valence-electron chi connectivity index (χ0n) is 9.97. The second kappa shape index (κ2) is 5.13. The van der Waals surface area contributed by atoms with Crippen LogP contribution >= 0.6 is 0 Å². The Kier molecular flexibility index (Phi) is 4.39. The van der Waals surface area contributed by atoms with E-state index in [0.717, 1.165) is 6.54 Å². The Morgan fingerprint density at radius 2 is 2.00 bits per heavy atom. The molecule has 0 radical (unpaired) electrons. The molecule has 1 aliphatic rings. The first-order chi connectivity index (χ1) is 6.47. The quantitative estimate of drug-likeness (QED) is 0.730. The lowest BCUT2D eigenvalue weighted by atomic mass is 9.90. The van der Waals surface area contributed by atoms with E-state index >= 15 is 0 Å². The summed E-state index contributed by atoms with van der Waals surface area (Å²) in [7, 11) is 0. The Labute approximate surface area is 88.6 Å². The third kappa shape index (κ3) is 4.97. The Hall–Kier alpha value is -0.0800. The van der Waals surface area contributed by atoms with Crippen LogP contribution in [0.15, 0.2) is 0 Å².